The number of nitrogens with one attached hydrogen (secondary N) is 1. The van der Waals surface area contributed by atoms with Crippen LogP contribution in [-0.2, 0) is 0 Å². The van der Waals surface area contributed by atoms with Crippen molar-refractivity contribution in [1.29, 1.82) is 0 Å². The second-order valence-corrected chi connectivity index (χ2v) is 2.90. The molecule has 0 aromatic carbocycles. The number of aliphatic hydroxyl groups is 1. The van der Waals surface area contributed by atoms with E-state index in [2.05, 4.69) is 5.32 Å². The van der Waals surface area contributed by atoms with Crippen LogP contribution in [0.15, 0.2) is 35.8 Å². The minimum atomic E-state index is -0.823. The van der Waals surface area contributed by atoms with Gasteiger partial charge in [-0.3, -0.25) is 10.1 Å². The SMILES string of the molecule is CC=CNC1=CC=C([N+](=O)[O-])CC1O. The lowest BCUT2D eigenvalue weighted by molar-refractivity contribution is -0.429. The van der Waals surface area contributed by atoms with Crippen LogP contribution in [0.1, 0.15) is 13.3 Å². The van der Waals surface area contributed by atoms with Crippen LogP contribution in [0.3, 0.4) is 0 Å². The van der Waals surface area contributed by atoms with Crippen LogP contribution >= 0.6 is 0 Å². The Morgan fingerprint density at radius 2 is 2.43 bits per heavy atom. The molecule has 0 saturated heterocycles. The fraction of sp³-hybridized carbons (Fsp3) is 0.333. The molecule has 1 aliphatic rings. The highest BCUT2D eigenvalue weighted by atomic mass is 16.6. The summed E-state index contributed by atoms with van der Waals surface area (Å²) >= 11 is 0. The van der Waals surface area contributed by atoms with E-state index < -0.39 is 11.0 Å². The summed E-state index contributed by atoms with van der Waals surface area (Å²) in [6.07, 6.45) is 5.59. The molecule has 0 aliphatic heterocycles. The molecule has 0 radical (unpaired) electrons. The van der Waals surface area contributed by atoms with E-state index in [1.807, 2.05) is 6.92 Å². The normalized spacial score (nSPS) is 21.7. The van der Waals surface area contributed by atoms with Gasteiger partial charge in [-0.1, -0.05) is 6.08 Å². The average molecular weight is 196 g/mol. The summed E-state index contributed by atoms with van der Waals surface area (Å²) in [7, 11) is 0. The van der Waals surface area contributed by atoms with Gasteiger partial charge in [0.2, 0.25) is 5.70 Å². The third-order valence-electron chi connectivity index (χ3n) is 1.87. The van der Waals surface area contributed by atoms with Crippen molar-refractivity contribution in [2.75, 3.05) is 0 Å². The van der Waals surface area contributed by atoms with Crippen molar-refractivity contribution in [2.24, 2.45) is 0 Å². The first kappa shape index (κ1) is 10.5. The Labute approximate surface area is 81.6 Å². The Balaban J connectivity index is 2.74. The van der Waals surface area contributed by atoms with Crippen molar-refractivity contribution in [3.8, 4) is 0 Å². The quantitative estimate of drug-likeness (QED) is 0.520. The number of nitro groups is 1. The van der Waals surface area contributed by atoms with E-state index in [0.717, 1.165) is 0 Å². The van der Waals surface area contributed by atoms with Crippen LogP contribution in [0.25, 0.3) is 0 Å². The summed E-state index contributed by atoms with van der Waals surface area (Å²) in [4.78, 5) is 9.90. The average Bonchev–Trinajstić information content (AvgIpc) is 2.15. The molecule has 1 unspecified atom stereocenters. The van der Waals surface area contributed by atoms with E-state index in [9.17, 15) is 15.2 Å². The fourth-order valence-corrected chi connectivity index (χ4v) is 1.13. The topological polar surface area (TPSA) is 75.4 Å². The lowest BCUT2D eigenvalue weighted by atomic mass is 10.1. The van der Waals surface area contributed by atoms with Crippen molar-refractivity contribution in [2.45, 2.75) is 19.4 Å². The molecule has 0 saturated carbocycles. The molecule has 0 amide bonds. The highest BCUT2D eigenvalue weighted by Gasteiger charge is 2.22. The smallest absolute Gasteiger partial charge is 0.249 e. The Bertz CT molecular complexity index is 318. The minimum absolute atomic E-state index is 0.0310. The summed E-state index contributed by atoms with van der Waals surface area (Å²) in [5, 5.41) is 22.7. The summed E-state index contributed by atoms with van der Waals surface area (Å²) in [6, 6.07) is 0. The highest BCUT2D eigenvalue weighted by Crippen LogP contribution is 2.17. The number of rotatable bonds is 3. The summed E-state index contributed by atoms with van der Waals surface area (Å²) in [6.45, 7) is 1.83. The first-order valence-corrected chi connectivity index (χ1v) is 4.26. The van der Waals surface area contributed by atoms with Crippen molar-refractivity contribution >= 4 is 0 Å². The van der Waals surface area contributed by atoms with E-state index >= 15 is 0 Å². The molecule has 0 bridgehead atoms. The molecule has 1 rings (SSSR count). The zero-order valence-corrected chi connectivity index (χ0v) is 7.80. The molecular formula is C9H12N2O3. The van der Waals surface area contributed by atoms with Crippen LogP contribution in [0.5, 0.6) is 0 Å². The fourth-order valence-electron chi connectivity index (χ4n) is 1.13. The van der Waals surface area contributed by atoms with E-state index in [0.29, 0.717) is 5.70 Å². The van der Waals surface area contributed by atoms with Gasteiger partial charge < -0.3 is 10.4 Å². The Hall–Kier alpha value is -1.62. The van der Waals surface area contributed by atoms with E-state index in [4.69, 9.17) is 0 Å². The molecule has 5 heteroatoms. The van der Waals surface area contributed by atoms with Gasteiger partial charge >= 0.3 is 0 Å². The standard InChI is InChI=1S/C9H12N2O3/c1-2-5-10-8-4-3-7(11(13)14)6-9(8)12/h2-5,9-10,12H,6H2,1H3. The molecule has 2 N–H and O–H groups in total. The Kier molecular flexibility index (Phi) is 3.41. The molecular weight excluding hydrogens is 184 g/mol. The van der Waals surface area contributed by atoms with Crippen LogP contribution in [0, 0.1) is 10.1 Å². The highest BCUT2D eigenvalue weighted by molar-refractivity contribution is 5.24. The molecule has 1 atom stereocenters. The van der Waals surface area contributed by atoms with E-state index in [1.54, 1.807) is 12.3 Å². The van der Waals surface area contributed by atoms with Crippen LogP contribution in [0.2, 0.25) is 0 Å². The molecule has 76 valence electrons. The van der Waals surface area contributed by atoms with Gasteiger partial charge in [-0.15, -0.1) is 0 Å². The molecule has 1 aliphatic carbocycles. The molecule has 14 heavy (non-hydrogen) atoms. The van der Waals surface area contributed by atoms with Crippen molar-refractivity contribution in [3.05, 3.63) is 45.9 Å². The van der Waals surface area contributed by atoms with Crippen molar-refractivity contribution < 1.29 is 10.0 Å². The molecule has 0 heterocycles. The second-order valence-electron chi connectivity index (χ2n) is 2.90. The third kappa shape index (κ3) is 2.43. The minimum Gasteiger partial charge on any atom is -0.386 e. The van der Waals surface area contributed by atoms with Gasteiger partial charge in [0.25, 0.3) is 0 Å². The van der Waals surface area contributed by atoms with Crippen molar-refractivity contribution in [3.63, 3.8) is 0 Å². The Morgan fingerprint density at radius 3 is 2.93 bits per heavy atom. The van der Waals surface area contributed by atoms with Crippen molar-refractivity contribution in [1.82, 2.24) is 5.32 Å². The number of allylic oxidation sites excluding steroid dienone is 3. The first-order valence-electron chi connectivity index (χ1n) is 4.26. The van der Waals surface area contributed by atoms with Crippen LogP contribution in [0.4, 0.5) is 0 Å². The number of aliphatic hydroxyl groups excluding tert-OH is 1. The van der Waals surface area contributed by atoms with Gasteiger partial charge in [-0.2, -0.15) is 0 Å². The maximum Gasteiger partial charge on any atom is 0.249 e. The molecule has 0 aromatic heterocycles. The molecule has 0 spiro atoms. The predicted molar refractivity (Wildman–Crippen MR) is 51.7 cm³/mol. The van der Waals surface area contributed by atoms with Crippen LogP contribution < -0.4 is 5.32 Å². The summed E-state index contributed by atoms with van der Waals surface area (Å²) in [5.41, 5.74) is 0.609. The number of hydrogen-bond donors (Lipinski definition) is 2. The predicted octanol–water partition coefficient (Wildman–Crippen LogP) is 0.919. The maximum atomic E-state index is 10.4. The molecule has 5 nitrogen and oxygen atoms in total. The van der Waals surface area contributed by atoms with Gasteiger partial charge in [0.05, 0.1) is 11.3 Å². The lowest BCUT2D eigenvalue weighted by Crippen LogP contribution is -2.24. The zero-order valence-electron chi connectivity index (χ0n) is 7.80. The van der Waals surface area contributed by atoms with E-state index in [-0.39, 0.29) is 12.1 Å². The van der Waals surface area contributed by atoms with Gasteiger partial charge in [-0.05, 0) is 19.2 Å². The van der Waals surface area contributed by atoms with Crippen LogP contribution in [-0.4, -0.2) is 16.1 Å². The van der Waals surface area contributed by atoms with Gasteiger partial charge in [0, 0.05) is 11.8 Å². The molecule has 0 aromatic rings. The van der Waals surface area contributed by atoms with Gasteiger partial charge in [-0.25, -0.2) is 0 Å². The number of hydrogen-bond acceptors (Lipinski definition) is 4. The second kappa shape index (κ2) is 4.57. The summed E-state index contributed by atoms with van der Waals surface area (Å²) in [5.74, 6) is 0. The monoisotopic (exact) mass is 196 g/mol. The zero-order chi connectivity index (χ0) is 10.6. The van der Waals surface area contributed by atoms with Gasteiger partial charge in [0.15, 0.2) is 0 Å². The third-order valence-corrected chi connectivity index (χ3v) is 1.87. The number of nitrogens with zero attached hydrogens (tertiary/aromatic N) is 1. The first-order chi connectivity index (χ1) is 6.65. The lowest BCUT2D eigenvalue weighted by Gasteiger charge is -2.16. The largest absolute Gasteiger partial charge is 0.386 e. The maximum absolute atomic E-state index is 10.4. The van der Waals surface area contributed by atoms with Gasteiger partial charge in [0.1, 0.15) is 6.10 Å². The molecule has 0 fully saturated rings. The van der Waals surface area contributed by atoms with E-state index in [1.165, 1.54) is 12.2 Å². The summed E-state index contributed by atoms with van der Waals surface area (Å²) < 4.78 is 0. The Morgan fingerprint density at radius 1 is 1.71 bits per heavy atom.